The van der Waals surface area contributed by atoms with Crippen molar-refractivity contribution in [2.75, 3.05) is 44.3 Å². The summed E-state index contributed by atoms with van der Waals surface area (Å²) in [5, 5.41) is 11.2. The van der Waals surface area contributed by atoms with Crippen LogP contribution in [0.5, 0.6) is 0 Å². The number of amides is 1. The van der Waals surface area contributed by atoms with Gasteiger partial charge < -0.3 is 20.3 Å². The molecule has 8 heteroatoms. The molecule has 1 aromatic rings. The van der Waals surface area contributed by atoms with Crippen molar-refractivity contribution >= 4 is 17.3 Å². The maximum atomic E-state index is 12.6. The number of para-hydroxylation sites is 2. The fourth-order valence-corrected chi connectivity index (χ4v) is 3.54. The molecule has 0 radical (unpaired) electrons. The lowest BCUT2D eigenvalue weighted by atomic mass is 9.91. The molecule has 25 heavy (non-hydrogen) atoms. The minimum atomic E-state index is -0.485. The Morgan fingerprint density at radius 1 is 1.20 bits per heavy atom. The van der Waals surface area contributed by atoms with Crippen molar-refractivity contribution in [3.63, 3.8) is 0 Å². The van der Waals surface area contributed by atoms with Crippen LogP contribution in [0, 0.1) is 16.0 Å². The van der Waals surface area contributed by atoms with Gasteiger partial charge >= 0.3 is 0 Å². The Hall–Kier alpha value is -2.19. The number of nitro benzene ring substituents is 1. The van der Waals surface area contributed by atoms with E-state index in [0.717, 1.165) is 12.8 Å². The molecule has 0 saturated carbocycles. The molecule has 2 fully saturated rings. The maximum absolute atomic E-state index is 12.6. The van der Waals surface area contributed by atoms with Gasteiger partial charge in [-0.3, -0.25) is 14.9 Å². The van der Waals surface area contributed by atoms with Crippen LogP contribution in [0.15, 0.2) is 24.3 Å². The van der Waals surface area contributed by atoms with E-state index in [4.69, 9.17) is 10.5 Å². The third kappa shape index (κ3) is 3.91. The van der Waals surface area contributed by atoms with E-state index in [2.05, 4.69) is 0 Å². The first-order chi connectivity index (χ1) is 12.1. The van der Waals surface area contributed by atoms with Gasteiger partial charge in [-0.15, -0.1) is 0 Å². The van der Waals surface area contributed by atoms with E-state index in [0.29, 0.717) is 45.1 Å². The second-order valence-electron chi connectivity index (χ2n) is 6.53. The fraction of sp³-hybridized carbons (Fsp3) is 0.588. The maximum Gasteiger partial charge on any atom is 0.292 e. The lowest BCUT2D eigenvalue weighted by Crippen LogP contribution is -2.55. The highest BCUT2D eigenvalue weighted by Crippen LogP contribution is 2.28. The number of anilines is 1. The summed E-state index contributed by atoms with van der Waals surface area (Å²) in [6, 6.07) is 6.23. The summed E-state index contributed by atoms with van der Waals surface area (Å²) in [4.78, 5) is 27.2. The van der Waals surface area contributed by atoms with Crippen molar-refractivity contribution in [1.29, 1.82) is 0 Å². The number of carbonyl (C=O) groups excluding carboxylic acids is 1. The summed E-state index contributed by atoms with van der Waals surface area (Å²) in [6.07, 6.45) is 1.65. The Kier molecular flexibility index (Phi) is 5.50. The second kappa shape index (κ2) is 7.79. The summed E-state index contributed by atoms with van der Waals surface area (Å²) in [5.41, 5.74) is 6.89. The first kappa shape index (κ1) is 17.6. The van der Waals surface area contributed by atoms with Crippen molar-refractivity contribution in [1.82, 2.24) is 4.90 Å². The molecule has 2 aliphatic rings. The van der Waals surface area contributed by atoms with Gasteiger partial charge in [0.15, 0.2) is 0 Å². The largest absolute Gasteiger partial charge is 0.381 e. The van der Waals surface area contributed by atoms with Crippen LogP contribution in [0.25, 0.3) is 0 Å². The van der Waals surface area contributed by atoms with Gasteiger partial charge in [-0.25, -0.2) is 0 Å². The van der Waals surface area contributed by atoms with E-state index >= 15 is 0 Å². The monoisotopic (exact) mass is 348 g/mol. The molecule has 1 aromatic carbocycles. The first-order valence-electron chi connectivity index (χ1n) is 8.68. The van der Waals surface area contributed by atoms with E-state index in [1.165, 1.54) is 6.07 Å². The van der Waals surface area contributed by atoms with Crippen LogP contribution >= 0.6 is 0 Å². The number of hydrogen-bond acceptors (Lipinski definition) is 6. The number of nitro groups is 1. The molecule has 1 atom stereocenters. The molecule has 2 heterocycles. The van der Waals surface area contributed by atoms with E-state index in [1.54, 1.807) is 23.1 Å². The Morgan fingerprint density at radius 2 is 1.84 bits per heavy atom. The molecular formula is C17H24N4O4. The molecule has 0 aliphatic carbocycles. The molecule has 2 aliphatic heterocycles. The number of nitrogens with two attached hydrogens (primary N) is 1. The van der Waals surface area contributed by atoms with Gasteiger partial charge in [0.2, 0.25) is 5.91 Å². The first-order valence-corrected chi connectivity index (χ1v) is 8.68. The van der Waals surface area contributed by atoms with E-state index in [1.807, 2.05) is 4.90 Å². The highest BCUT2D eigenvalue weighted by molar-refractivity contribution is 5.82. The van der Waals surface area contributed by atoms with E-state index in [9.17, 15) is 14.9 Å². The summed E-state index contributed by atoms with van der Waals surface area (Å²) in [6.45, 7) is 3.52. The van der Waals surface area contributed by atoms with Crippen LogP contribution in [-0.4, -0.2) is 61.2 Å². The van der Waals surface area contributed by atoms with Crippen molar-refractivity contribution < 1.29 is 14.5 Å². The van der Waals surface area contributed by atoms with Crippen molar-refractivity contribution in [2.24, 2.45) is 11.7 Å². The number of piperazine rings is 1. The van der Waals surface area contributed by atoms with Crippen molar-refractivity contribution in [2.45, 2.75) is 18.9 Å². The normalized spacial score (nSPS) is 20.4. The van der Waals surface area contributed by atoms with Crippen LogP contribution in [0.2, 0.25) is 0 Å². The molecular weight excluding hydrogens is 324 g/mol. The Labute approximate surface area is 146 Å². The molecule has 0 spiro atoms. The van der Waals surface area contributed by atoms with Crippen LogP contribution in [0.4, 0.5) is 11.4 Å². The zero-order valence-electron chi connectivity index (χ0n) is 14.2. The van der Waals surface area contributed by atoms with Crippen LogP contribution in [0.3, 0.4) is 0 Å². The molecule has 2 saturated heterocycles. The molecule has 0 bridgehead atoms. The van der Waals surface area contributed by atoms with Crippen LogP contribution in [-0.2, 0) is 9.53 Å². The lowest BCUT2D eigenvalue weighted by molar-refractivity contribution is -0.384. The number of hydrogen-bond donors (Lipinski definition) is 1. The van der Waals surface area contributed by atoms with Gasteiger partial charge in [-0.2, -0.15) is 0 Å². The average molecular weight is 348 g/mol. The predicted molar refractivity (Wildman–Crippen MR) is 93.4 cm³/mol. The summed E-state index contributed by atoms with van der Waals surface area (Å²) < 4.78 is 5.33. The van der Waals surface area contributed by atoms with Gasteiger partial charge in [0.1, 0.15) is 5.69 Å². The molecule has 1 unspecified atom stereocenters. The number of benzene rings is 1. The lowest BCUT2D eigenvalue weighted by Gasteiger charge is -2.38. The molecule has 8 nitrogen and oxygen atoms in total. The van der Waals surface area contributed by atoms with Crippen LogP contribution in [0.1, 0.15) is 12.8 Å². The average Bonchev–Trinajstić information content (AvgIpc) is 2.67. The van der Waals surface area contributed by atoms with E-state index < -0.39 is 6.04 Å². The fourth-order valence-electron chi connectivity index (χ4n) is 3.54. The SMILES string of the molecule is NC(C(=O)N1CCN(c2ccccc2[N+](=O)[O-])CC1)C1CCOCC1. The molecule has 136 valence electrons. The van der Waals surface area contributed by atoms with E-state index in [-0.39, 0.29) is 22.4 Å². The van der Waals surface area contributed by atoms with Gasteiger partial charge in [0.25, 0.3) is 5.69 Å². The summed E-state index contributed by atoms with van der Waals surface area (Å²) in [7, 11) is 0. The third-order valence-electron chi connectivity index (χ3n) is 5.07. The molecule has 1 amide bonds. The smallest absolute Gasteiger partial charge is 0.292 e. The number of carbonyl (C=O) groups is 1. The minimum absolute atomic E-state index is 0.0193. The van der Waals surface area contributed by atoms with Crippen molar-refractivity contribution in [3.8, 4) is 0 Å². The number of ether oxygens (including phenoxy) is 1. The van der Waals surface area contributed by atoms with Gasteiger partial charge in [-0.1, -0.05) is 12.1 Å². The highest BCUT2D eigenvalue weighted by Gasteiger charge is 2.32. The second-order valence-corrected chi connectivity index (χ2v) is 6.53. The minimum Gasteiger partial charge on any atom is -0.381 e. The Morgan fingerprint density at radius 3 is 2.48 bits per heavy atom. The Bertz CT molecular complexity index is 625. The van der Waals surface area contributed by atoms with Gasteiger partial charge in [-0.05, 0) is 24.8 Å². The summed E-state index contributed by atoms with van der Waals surface area (Å²) >= 11 is 0. The highest BCUT2D eigenvalue weighted by atomic mass is 16.6. The van der Waals surface area contributed by atoms with Gasteiger partial charge in [0.05, 0.1) is 11.0 Å². The molecule has 2 N–H and O–H groups in total. The molecule has 0 aromatic heterocycles. The predicted octanol–water partition coefficient (Wildman–Crippen LogP) is 0.997. The Balaban J connectivity index is 1.60. The quantitative estimate of drug-likeness (QED) is 0.643. The number of rotatable bonds is 4. The summed E-state index contributed by atoms with van der Waals surface area (Å²) in [5.74, 6) is 0.156. The zero-order valence-corrected chi connectivity index (χ0v) is 14.2. The number of nitrogens with zero attached hydrogens (tertiary/aromatic N) is 3. The van der Waals surface area contributed by atoms with Gasteiger partial charge in [0, 0.05) is 45.5 Å². The standard InChI is InChI=1S/C17H24N4O4/c18-16(13-5-11-25-12-6-13)17(22)20-9-7-19(8-10-20)14-3-1-2-4-15(14)21(23)24/h1-4,13,16H,5-12,18H2. The van der Waals surface area contributed by atoms with Crippen molar-refractivity contribution in [3.05, 3.63) is 34.4 Å². The topological polar surface area (TPSA) is 102 Å². The third-order valence-corrected chi connectivity index (χ3v) is 5.07. The van der Waals surface area contributed by atoms with Crippen LogP contribution < -0.4 is 10.6 Å². The zero-order chi connectivity index (χ0) is 17.8. The molecule has 3 rings (SSSR count).